The van der Waals surface area contributed by atoms with Gasteiger partial charge in [0.25, 0.3) is 0 Å². The Morgan fingerprint density at radius 2 is 2.10 bits per heavy atom. The van der Waals surface area contributed by atoms with Crippen LogP contribution in [0.15, 0.2) is 6.07 Å². The van der Waals surface area contributed by atoms with E-state index in [1.165, 1.54) is 4.88 Å². The third kappa shape index (κ3) is 2.19. The highest BCUT2D eigenvalue weighted by Gasteiger charge is 2.19. The summed E-state index contributed by atoms with van der Waals surface area (Å²) < 4.78 is 2.03. The number of carbonyl (C=O) groups excluding carboxylic acids is 1. The smallest absolute Gasteiger partial charge is 0.151 e. The van der Waals surface area contributed by atoms with Crippen LogP contribution in [0.4, 0.5) is 0 Å². The molecule has 2 aromatic rings. The Balaban J connectivity index is 2.70. The van der Waals surface area contributed by atoms with Crippen LogP contribution in [-0.4, -0.2) is 10.9 Å². The predicted molar refractivity (Wildman–Crippen MR) is 82.0 cm³/mol. The molecule has 2 rings (SSSR count). The average Bonchev–Trinajstić information content (AvgIpc) is 2.88. The molecule has 0 unspecified atom stereocenters. The molecule has 0 atom stereocenters. The van der Waals surface area contributed by atoms with Gasteiger partial charge in [0.05, 0.1) is 5.56 Å². The Hall–Kier alpha value is -1.86. The number of nitrogens with zero attached hydrogens (tertiary/aromatic N) is 2. The summed E-state index contributed by atoms with van der Waals surface area (Å²) >= 11 is 1.67. The van der Waals surface area contributed by atoms with Crippen molar-refractivity contribution >= 4 is 17.6 Å². The number of hydrogen-bond donors (Lipinski definition) is 0. The SMILES string of the molecule is CCCc1sc(-n2c(C)cc(C=O)c2C)c(C#N)c1C. The highest BCUT2D eigenvalue weighted by molar-refractivity contribution is 7.15. The van der Waals surface area contributed by atoms with Crippen molar-refractivity contribution in [3.8, 4) is 11.1 Å². The summed E-state index contributed by atoms with van der Waals surface area (Å²) in [5, 5.41) is 10.4. The second-order valence-corrected chi connectivity index (χ2v) is 6.06. The van der Waals surface area contributed by atoms with E-state index in [4.69, 9.17) is 0 Å². The summed E-state index contributed by atoms with van der Waals surface area (Å²) in [5.74, 6) is 0. The molecule has 0 saturated heterocycles. The van der Waals surface area contributed by atoms with Gasteiger partial charge in [-0.05, 0) is 38.8 Å². The average molecular weight is 286 g/mol. The largest absolute Gasteiger partial charge is 0.308 e. The van der Waals surface area contributed by atoms with Gasteiger partial charge in [-0.1, -0.05) is 13.3 Å². The van der Waals surface area contributed by atoms with Crippen molar-refractivity contribution < 1.29 is 4.79 Å². The number of aromatic nitrogens is 1. The Bertz CT molecular complexity index is 701. The monoisotopic (exact) mass is 286 g/mol. The molecule has 2 heterocycles. The molecule has 0 aliphatic heterocycles. The number of thiophene rings is 1. The number of hydrogen-bond acceptors (Lipinski definition) is 3. The van der Waals surface area contributed by atoms with Gasteiger partial charge in [0.2, 0.25) is 0 Å². The summed E-state index contributed by atoms with van der Waals surface area (Å²) in [7, 11) is 0. The highest BCUT2D eigenvalue weighted by atomic mass is 32.1. The molecule has 4 heteroatoms. The van der Waals surface area contributed by atoms with Crippen LogP contribution in [0.5, 0.6) is 0 Å². The van der Waals surface area contributed by atoms with Crippen LogP contribution in [0.25, 0.3) is 5.00 Å². The van der Waals surface area contributed by atoms with E-state index in [1.807, 2.05) is 31.4 Å². The van der Waals surface area contributed by atoms with Crippen molar-refractivity contribution in [1.82, 2.24) is 4.57 Å². The number of aldehydes is 1. The zero-order valence-electron chi connectivity index (χ0n) is 12.3. The normalized spacial score (nSPS) is 10.6. The second kappa shape index (κ2) is 5.64. The molecule has 0 aliphatic rings. The molecule has 0 saturated carbocycles. The third-order valence-corrected chi connectivity index (χ3v) is 4.95. The maximum absolute atomic E-state index is 11.1. The van der Waals surface area contributed by atoms with Crippen molar-refractivity contribution in [1.29, 1.82) is 5.26 Å². The Kier molecular flexibility index (Phi) is 4.10. The first kappa shape index (κ1) is 14.5. The van der Waals surface area contributed by atoms with E-state index in [1.54, 1.807) is 11.3 Å². The number of rotatable bonds is 4. The first-order chi connectivity index (χ1) is 9.54. The van der Waals surface area contributed by atoms with Gasteiger partial charge in [-0.2, -0.15) is 5.26 Å². The molecule has 3 nitrogen and oxygen atoms in total. The van der Waals surface area contributed by atoms with E-state index in [-0.39, 0.29) is 0 Å². The molecule has 0 amide bonds. The van der Waals surface area contributed by atoms with Crippen molar-refractivity contribution in [3.05, 3.63) is 39.0 Å². The highest BCUT2D eigenvalue weighted by Crippen LogP contribution is 2.34. The molecule has 0 N–H and O–H groups in total. The Morgan fingerprint density at radius 3 is 2.60 bits per heavy atom. The van der Waals surface area contributed by atoms with Crippen LogP contribution >= 0.6 is 11.3 Å². The van der Waals surface area contributed by atoms with Gasteiger partial charge >= 0.3 is 0 Å². The molecule has 0 aromatic carbocycles. The molecular formula is C16H18N2OS. The van der Waals surface area contributed by atoms with Gasteiger partial charge in [0.1, 0.15) is 11.1 Å². The van der Waals surface area contributed by atoms with E-state index in [2.05, 4.69) is 13.0 Å². The van der Waals surface area contributed by atoms with E-state index in [0.29, 0.717) is 5.56 Å². The molecule has 0 fully saturated rings. The van der Waals surface area contributed by atoms with Crippen LogP contribution in [0, 0.1) is 32.1 Å². The fraction of sp³-hybridized carbons (Fsp3) is 0.375. The summed E-state index contributed by atoms with van der Waals surface area (Å²) in [4.78, 5) is 12.3. The van der Waals surface area contributed by atoms with Crippen LogP contribution in [-0.2, 0) is 6.42 Å². The van der Waals surface area contributed by atoms with Gasteiger partial charge in [0, 0.05) is 21.8 Å². The van der Waals surface area contributed by atoms with Gasteiger partial charge < -0.3 is 4.57 Å². The summed E-state index contributed by atoms with van der Waals surface area (Å²) in [6, 6.07) is 4.20. The van der Waals surface area contributed by atoms with Crippen molar-refractivity contribution in [2.24, 2.45) is 0 Å². The van der Waals surface area contributed by atoms with Crippen LogP contribution < -0.4 is 0 Å². The molecule has 0 spiro atoms. The maximum Gasteiger partial charge on any atom is 0.151 e. The molecule has 0 aliphatic carbocycles. The maximum atomic E-state index is 11.1. The lowest BCUT2D eigenvalue weighted by Crippen LogP contribution is -1.99. The first-order valence-electron chi connectivity index (χ1n) is 6.72. The van der Waals surface area contributed by atoms with E-state index in [0.717, 1.165) is 46.6 Å². The summed E-state index contributed by atoms with van der Waals surface area (Å²) in [6.07, 6.45) is 2.93. The van der Waals surface area contributed by atoms with Crippen molar-refractivity contribution in [3.63, 3.8) is 0 Å². The molecule has 20 heavy (non-hydrogen) atoms. The quantitative estimate of drug-likeness (QED) is 0.794. The van der Waals surface area contributed by atoms with Gasteiger partial charge in [-0.25, -0.2) is 0 Å². The van der Waals surface area contributed by atoms with Crippen LogP contribution in [0.1, 0.15) is 51.1 Å². The fourth-order valence-corrected chi connectivity index (χ4v) is 3.99. The van der Waals surface area contributed by atoms with Crippen LogP contribution in [0.2, 0.25) is 0 Å². The van der Waals surface area contributed by atoms with Gasteiger partial charge in [-0.3, -0.25) is 4.79 Å². The minimum absolute atomic E-state index is 0.689. The number of carbonyl (C=O) groups is 1. The number of aryl methyl sites for hydroxylation is 2. The third-order valence-electron chi connectivity index (χ3n) is 3.62. The first-order valence-corrected chi connectivity index (χ1v) is 7.53. The van der Waals surface area contributed by atoms with E-state index < -0.39 is 0 Å². The van der Waals surface area contributed by atoms with Crippen LogP contribution in [0.3, 0.4) is 0 Å². The predicted octanol–water partition coefficient (Wildman–Crippen LogP) is 4.10. The summed E-state index contributed by atoms with van der Waals surface area (Å²) in [5.41, 5.74) is 4.39. The Morgan fingerprint density at radius 1 is 1.40 bits per heavy atom. The molecule has 0 bridgehead atoms. The minimum Gasteiger partial charge on any atom is -0.308 e. The summed E-state index contributed by atoms with van der Waals surface area (Å²) in [6.45, 7) is 8.04. The van der Waals surface area contributed by atoms with Gasteiger partial charge in [0.15, 0.2) is 6.29 Å². The van der Waals surface area contributed by atoms with E-state index >= 15 is 0 Å². The Labute approximate surface area is 123 Å². The molecule has 2 aromatic heterocycles. The number of nitriles is 1. The zero-order valence-corrected chi connectivity index (χ0v) is 13.1. The molecular weight excluding hydrogens is 268 g/mol. The van der Waals surface area contributed by atoms with Crippen molar-refractivity contribution in [2.75, 3.05) is 0 Å². The lowest BCUT2D eigenvalue weighted by Gasteiger charge is -2.07. The van der Waals surface area contributed by atoms with Gasteiger partial charge in [-0.15, -0.1) is 11.3 Å². The minimum atomic E-state index is 0.689. The lowest BCUT2D eigenvalue weighted by atomic mass is 10.1. The molecule has 104 valence electrons. The zero-order chi connectivity index (χ0) is 14.9. The van der Waals surface area contributed by atoms with Crippen molar-refractivity contribution in [2.45, 2.75) is 40.5 Å². The lowest BCUT2D eigenvalue weighted by molar-refractivity contribution is 0.112. The fourth-order valence-electron chi connectivity index (χ4n) is 2.52. The standard InChI is InChI=1S/C16H18N2OS/c1-5-6-15-11(3)14(8-17)16(20-15)18-10(2)7-13(9-19)12(18)4/h7,9H,5-6H2,1-4H3. The molecule has 0 radical (unpaired) electrons. The van der Waals surface area contributed by atoms with E-state index in [9.17, 15) is 10.1 Å². The second-order valence-electron chi connectivity index (χ2n) is 4.97. The topological polar surface area (TPSA) is 45.8 Å².